The summed E-state index contributed by atoms with van der Waals surface area (Å²) in [6, 6.07) is 0.461. The number of methoxy groups -OCH3 is 1. The van der Waals surface area contributed by atoms with E-state index in [1.807, 2.05) is 0 Å². The zero-order valence-corrected chi connectivity index (χ0v) is 11.8. The lowest BCUT2D eigenvalue weighted by molar-refractivity contribution is 0.0236. The van der Waals surface area contributed by atoms with Crippen LogP contribution in [0.25, 0.3) is 0 Å². The van der Waals surface area contributed by atoms with Gasteiger partial charge < -0.3 is 10.1 Å². The lowest BCUT2D eigenvalue weighted by Gasteiger charge is -2.34. The molecule has 1 saturated carbocycles. The second-order valence-electron chi connectivity index (χ2n) is 5.40. The van der Waals surface area contributed by atoms with Gasteiger partial charge in [0.2, 0.25) is 10.0 Å². The molecule has 0 aromatic heterocycles. The minimum Gasteiger partial charge on any atom is -0.381 e. The van der Waals surface area contributed by atoms with Crippen LogP contribution in [0.3, 0.4) is 0 Å². The van der Waals surface area contributed by atoms with E-state index in [0.29, 0.717) is 6.04 Å². The summed E-state index contributed by atoms with van der Waals surface area (Å²) in [5.41, 5.74) is 0. The third kappa shape index (κ3) is 4.19. The summed E-state index contributed by atoms with van der Waals surface area (Å²) in [4.78, 5) is 0. The van der Waals surface area contributed by atoms with Crippen molar-refractivity contribution < 1.29 is 13.2 Å². The Bertz CT molecular complexity index is 346. The number of sulfonamides is 1. The molecule has 1 saturated heterocycles. The maximum Gasteiger partial charge on any atom is 0.211 e. The van der Waals surface area contributed by atoms with Gasteiger partial charge in [-0.05, 0) is 38.6 Å². The van der Waals surface area contributed by atoms with E-state index in [0.717, 1.165) is 32.2 Å². The van der Waals surface area contributed by atoms with Gasteiger partial charge in [0.05, 0.1) is 11.9 Å². The summed E-state index contributed by atoms with van der Waals surface area (Å²) in [5.74, 6) is 0.235. The van der Waals surface area contributed by atoms with Crippen LogP contribution in [0.15, 0.2) is 0 Å². The van der Waals surface area contributed by atoms with Gasteiger partial charge in [0.25, 0.3) is 0 Å². The molecule has 0 aromatic carbocycles. The van der Waals surface area contributed by atoms with Crippen molar-refractivity contribution in [3.8, 4) is 0 Å². The predicted octanol–water partition coefficient (Wildman–Crippen LogP) is 0.615. The Morgan fingerprint density at radius 1 is 1.33 bits per heavy atom. The van der Waals surface area contributed by atoms with Gasteiger partial charge in [-0.25, -0.2) is 13.1 Å². The summed E-state index contributed by atoms with van der Waals surface area (Å²) in [6.45, 7) is 1.02. The summed E-state index contributed by atoms with van der Waals surface area (Å²) in [6.07, 6.45) is 6.08. The Morgan fingerprint density at radius 3 is 2.72 bits per heavy atom. The molecule has 18 heavy (non-hydrogen) atoms. The quantitative estimate of drug-likeness (QED) is 0.746. The van der Waals surface area contributed by atoms with Crippen molar-refractivity contribution in [2.75, 3.05) is 19.4 Å². The highest BCUT2D eigenvalue weighted by atomic mass is 32.2. The molecule has 2 N–H and O–H groups in total. The predicted molar refractivity (Wildman–Crippen MR) is 71.0 cm³/mol. The van der Waals surface area contributed by atoms with Crippen LogP contribution in [0, 0.1) is 0 Å². The molecule has 106 valence electrons. The summed E-state index contributed by atoms with van der Waals surface area (Å²) in [7, 11) is -1.45. The monoisotopic (exact) mass is 276 g/mol. The first kappa shape index (κ1) is 14.2. The fraction of sp³-hybridized carbons (Fsp3) is 1.00. The fourth-order valence-electron chi connectivity index (χ4n) is 2.63. The lowest BCUT2D eigenvalue weighted by Crippen LogP contribution is -2.48. The zero-order chi connectivity index (χ0) is 13.0. The molecule has 1 unspecified atom stereocenters. The van der Waals surface area contributed by atoms with Crippen molar-refractivity contribution in [2.45, 2.75) is 56.7 Å². The third-order valence-electron chi connectivity index (χ3n) is 3.92. The molecule has 0 aromatic rings. The standard InChI is InChI=1S/C12H24N2O3S/c1-17-12-8-11(9-12)14-18(15,16)7-5-10-4-2-3-6-13-10/h10-14H,2-9H2,1H3. The second-order valence-corrected chi connectivity index (χ2v) is 7.27. The van der Waals surface area contributed by atoms with Crippen molar-refractivity contribution in [1.82, 2.24) is 10.0 Å². The van der Waals surface area contributed by atoms with Crippen molar-refractivity contribution >= 4 is 10.0 Å². The number of rotatable bonds is 6. The number of hydrogen-bond donors (Lipinski definition) is 2. The van der Waals surface area contributed by atoms with Crippen molar-refractivity contribution in [3.05, 3.63) is 0 Å². The topological polar surface area (TPSA) is 67.4 Å². The third-order valence-corrected chi connectivity index (χ3v) is 5.39. The smallest absolute Gasteiger partial charge is 0.211 e. The SMILES string of the molecule is COC1CC(NS(=O)(=O)CCC2CCCCN2)C1. The fourth-order valence-corrected chi connectivity index (χ4v) is 4.05. The normalized spacial score (nSPS) is 33.1. The van der Waals surface area contributed by atoms with Crippen LogP contribution in [0.5, 0.6) is 0 Å². The second kappa shape index (κ2) is 6.32. The first-order valence-corrected chi connectivity index (χ1v) is 8.50. The summed E-state index contributed by atoms with van der Waals surface area (Å²) >= 11 is 0. The van der Waals surface area contributed by atoms with E-state index < -0.39 is 10.0 Å². The molecule has 1 aliphatic heterocycles. The number of hydrogen-bond acceptors (Lipinski definition) is 4. The van der Waals surface area contributed by atoms with Gasteiger partial charge in [0, 0.05) is 19.2 Å². The molecule has 0 spiro atoms. The van der Waals surface area contributed by atoms with Crippen LogP contribution in [0.4, 0.5) is 0 Å². The van der Waals surface area contributed by atoms with E-state index in [2.05, 4.69) is 10.0 Å². The van der Waals surface area contributed by atoms with E-state index in [9.17, 15) is 8.42 Å². The number of ether oxygens (including phenoxy) is 1. The van der Waals surface area contributed by atoms with Crippen molar-refractivity contribution in [1.29, 1.82) is 0 Å². The van der Waals surface area contributed by atoms with Gasteiger partial charge in [-0.15, -0.1) is 0 Å². The van der Waals surface area contributed by atoms with Crippen LogP contribution in [-0.4, -0.2) is 46.0 Å². The van der Waals surface area contributed by atoms with Gasteiger partial charge in [0.15, 0.2) is 0 Å². The molecule has 0 amide bonds. The molecule has 1 heterocycles. The number of nitrogens with one attached hydrogen (secondary N) is 2. The molecule has 0 bridgehead atoms. The molecule has 2 fully saturated rings. The molecule has 1 atom stereocenters. The van der Waals surface area contributed by atoms with Crippen LogP contribution in [-0.2, 0) is 14.8 Å². The van der Waals surface area contributed by atoms with Crippen LogP contribution in [0.1, 0.15) is 38.5 Å². The van der Waals surface area contributed by atoms with Crippen molar-refractivity contribution in [2.24, 2.45) is 0 Å². The Hall–Kier alpha value is -0.170. The van der Waals surface area contributed by atoms with Gasteiger partial charge in [-0.3, -0.25) is 0 Å². The Labute approximate surface area is 110 Å². The largest absolute Gasteiger partial charge is 0.381 e. The maximum atomic E-state index is 11.9. The van der Waals surface area contributed by atoms with Gasteiger partial charge in [0.1, 0.15) is 0 Å². The molecule has 6 heteroatoms. The van der Waals surface area contributed by atoms with E-state index in [1.54, 1.807) is 7.11 Å². The molecular weight excluding hydrogens is 252 g/mol. The van der Waals surface area contributed by atoms with E-state index in [-0.39, 0.29) is 17.9 Å². The average molecular weight is 276 g/mol. The Morgan fingerprint density at radius 2 is 2.11 bits per heavy atom. The van der Waals surface area contributed by atoms with E-state index in [4.69, 9.17) is 4.74 Å². The molecular formula is C12H24N2O3S. The molecule has 2 rings (SSSR count). The molecule has 2 aliphatic rings. The molecule has 5 nitrogen and oxygen atoms in total. The highest BCUT2D eigenvalue weighted by Gasteiger charge is 2.32. The lowest BCUT2D eigenvalue weighted by atomic mass is 9.90. The van der Waals surface area contributed by atoms with Crippen LogP contribution in [0.2, 0.25) is 0 Å². The molecule has 0 radical (unpaired) electrons. The van der Waals surface area contributed by atoms with Crippen LogP contribution >= 0.6 is 0 Å². The molecule has 1 aliphatic carbocycles. The van der Waals surface area contributed by atoms with E-state index >= 15 is 0 Å². The minimum atomic E-state index is -3.12. The first-order chi connectivity index (χ1) is 8.59. The zero-order valence-electron chi connectivity index (χ0n) is 11.0. The average Bonchev–Trinajstić information content (AvgIpc) is 2.32. The van der Waals surface area contributed by atoms with Gasteiger partial charge in [-0.2, -0.15) is 0 Å². The van der Waals surface area contributed by atoms with E-state index in [1.165, 1.54) is 12.8 Å². The highest BCUT2D eigenvalue weighted by Crippen LogP contribution is 2.23. The number of piperidine rings is 1. The Balaban J connectivity index is 1.67. The maximum absolute atomic E-state index is 11.9. The summed E-state index contributed by atoms with van der Waals surface area (Å²) < 4.78 is 31.7. The minimum absolute atomic E-state index is 0.0827. The highest BCUT2D eigenvalue weighted by molar-refractivity contribution is 7.89. The van der Waals surface area contributed by atoms with Crippen LogP contribution < -0.4 is 10.0 Å². The summed E-state index contributed by atoms with van der Waals surface area (Å²) in [5, 5.41) is 3.38. The van der Waals surface area contributed by atoms with Gasteiger partial charge in [-0.1, -0.05) is 6.42 Å². The Kier molecular flexibility index (Phi) is 5.00. The van der Waals surface area contributed by atoms with Crippen molar-refractivity contribution in [3.63, 3.8) is 0 Å². The first-order valence-electron chi connectivity index (χ1n) is 6.85. The van der Waals surface area contributed by atoms with Gasteiger partial charge >= 0.3 is 0 Å².